The van der Waals surface area contributed by atoms with E-state index in [0.29, 0.717) is 18.5 Å². The molecule has 0 spiro atoms. The first-order valence-corrected chi connectivity index (χ1v) is 7.50. The zero-order valence-electron chi connectivity index (χ0n) is 13.1. The summed E-state index contributed by atoms with van der Waals surface area (Å²) in [4.78, 5) is 13.8. The van der Waals surface area contributed by atoms with Crippen molar-refractivity contribution in [1.82, 2.24) is 14.9 Å². The van der Waals surface area contributed by atoms with Gasteiger partial charge < -0.3 is 15.5 Å². The van der Waals surface area contributed by atoms with Gasteiger partial charge in [0.2, 0.25) is 0 Å². The quantitative estimate of drug-likeness (QED) is 0.905. The third kappa shape index (κ3) is 3.27. The van der Waals surface area contributed by atoms with E-state index in [4.69, 9.17) is 5.73 Å². The van der Waals surface area contributed by atoms with Gasteiger partial charge in [-0.05, 0) is 26.4 Å². The summed E-state index contributed by atoms with van der Waals surface area (Å²) in [5.74, 6) is 1.21. The Balaban J connectivity index is 2.22. The second-order valence-electron chi connectivity index (χ2n) is 6.09. The molecule has 5 nitrogen and oxygen atoms in total. The summed E-state index contributed by atoms with van der Waals surface area (Å²) in [5, 5.41) is 0. The summed E-state index contributed by atoms with van der Waals surface area (Å²) >= 11 is 0. The summed E-state index contributed by atoms with van der Waals surface area (Å²) in [5.41, 5.74) is 7.93. The van der Waals surface area contributed by atoms with Crippen LogP contribution in [0.5, 0.6) is 0 Å². The fraction of sp³-hybridized carbons (Fsp3) is 0.733. The number of rotatable bonds is 4. The first-order chi connectivity index (χ1) is 9.52. The maximum absolute atomic E-state index is 5.89. The molecule has 1 fully saturated rings. The number of nitrogens with zero attached hydrogens (tertiary/aromatic N) is 4. The lowest BCUT2D eigenvalue weighted by Gasteiger charge is -2.37. The Morgan fingerprint density at radius 3 is 2.85 bits per heavy atom. The Morgan fingerprint density at radius 1 is 1.50 bits per heavy atom. The fourth-order valence-electron chi connectivity index (χ4n) is 2.80. The number of aromatic nitrogens is 2. The summed E-state index contributed by atoms with van der Waals surface area (Å²) in [6.07, 6.45) is 4.41. The van der Waals surface area contributed by atoms with Crippen molar-refractivity contribution >= 4 is 5.69 Å². The summed E-state index contributed by atoms with van der Waals surface area (Å²) < 4.78 is 0. The number of likely N-dealkylation sites (N-methyl/N-ethyl adjacent to an activating group) is 2. The molecule has 1 aliphatic heterocycles. The Bertz CT molecular complexity index is 446. The topological polar surface area (TPSA) is 58.3 Å². The van der Waals surface area contributed by atoms with E-state index < -0.39 is 0 Å². The number of hydrogen-bond acceptors (Lipinski definition) is 5. The third-order valence-corrected chi connectivity index (χ3v) is 4.10. The van der Waals surface area contributed by atoms with E-state index in [9.17, 15) is 0 Å². The molecule has 1 unspecified atom stereocenters. The molecule has 1 saturated heterocycles. The van der Waals surface area contributed by atoms with Crippen LogP contribution >= 0.6 is 0 Å². The van der Waals surface area contributed by atoms with Gasteiger partial charge >= 0.3 is 0 Å². The average molecular weight is 277 g/mol. The minimum Gasteiger partial charge on any atom is -0.368 e. The van der Waals surface area contributed by atoms with Crippen molar-refractivity contribution in [3.05, 3.63) is 17.7 Å². The van der Waals surface area contributed by atoms with Gasteiger partial charge in [0.05, 0.1) is 17.6 Å². The van der Waals surface area contributed by atoms with Gasteiger partial charge in [-0.3, -0.25) is 0 Å². The van der Waals surface area contributed by atoms with Crippen LogP contribution in [0, 0.1) is 0 Å². The largest absolute Gasteiger partial charge is 0.368 e. The van der Waals surface area contributed by atoms with E-state index in [0.717, 1.165) is 23.8 Å². The number of piperidine rings is 1. The Morgan fingerprint density at radius 2 is 2.25 bits per heavy atom. The number of nitrogens with two attached hydrogens (primary N) is 1. The molecule has 20 heavy (non-hydrogen) atoms. The van der Waals surface area contributed by atoms with Gasteiger partial charge in [0.25, 0.3) is 0 Å². The highest BCUT2D eigenvalue weighted by Crippen LogP contribution is 2.24. The highest BCUT2D eigenvalue weighted by Gasteiger charge is 2.23. The van der Waals surface area contributed by atoms with Crippen LogP contribution in [0.1, 0.15) is 44.1 Å². The molecular weight excluding hydrogens is 250 g/mol. The smallest absolute Gasteiger partial charge is 0.131 e. The van der Waals surface area contributed by atoms with Gasteiger partial charge in [-0.1, -0.05) is 13.8 Å². The molecule has 1 atom stereocenters. The van der Waals surface area contributed by atoms with Gasteiger partial charge in [0.1, 0.15) is 5.82 Å². The first-order valence-electron chi connectivity index (χ1n) is 7.50. The molecular formula is C15H27N5. The van der Waals surface area contributed by atoms with Crippen molar-refractivity contribution < 1.29 is 0 Å². The third-order valence-electron chi connectivity index (χ3n) is 4.10. The number of hydrogen-bond donors (Lipinski definition) is 1. The van der Waals surface area contributed by atoms with Crippen LogP contribution in [-0.4, -0.2) is 48.1 Å². The molecule has 0 saturated carbocycles. The molecule has 0 aliphatic carbocycles. The van der Waals surface area contributed by atoms with E-state index >= 15 is 0 Å². The molecule has 1 aromatic heterocycles. The number of likely N-dealkylation sites (tertiary alicyclic amines) is 1. The summed E-state index contributed by atoms with van der Waals surface area (Å²) in [6.45, 7) is 6.96. The molecule has 2 rings (SSSR count). The lowest BCUT2D eigenvalue weighted by atomic mass is 10.0. The van der Waals surface area contributed by atoms with Crippen LogP contribution in [-0.2, 0) is 6.54 Å². The second-order valence-corrected chi connectivity index (χ2v) is 6.09. The Labute approximate surface area is 122 Å². The van der Waals surface area contributed by atoms with Crippen LogP contribution in [0.3, 0.4) is 0 Å². The minimum absolute atomic E-state index is 0.334. The molecule has 0 aromatic carbocycles. The molecule has 0 radical (unpaired) electrons. The van der Waals surface area contributed by atoms with E-state index in [1.54, 1.807) is 0 Å². The lowest BCUT2D eigenvalue weighted by molar-refractivity contribution is 0.247. The van der Waals surface area contributed by atoms with Gasteiger partial charge in [-0.25, -0.2) is 9.97 Å². The molecule has 2 heterocycles. The molecule has 0 amide bonds. The monoisotopic (exact) mass is 277 g/mol. The predicted octanol–water partition coefficient (Wildman–Crippen LogP) is 1.59. The fourth-order valence-corrected chi connectivity index (χ4v) is 2.80. The summed E-state index contributed by atoms with van der Waals surface area (Å²) in [7, 11) is 4.32. The van der Waals surface area contributed by atoms with Crippen molar-refractivity contribution in [3.8, 4) is 0 Å². The number of anilines is 1. The molecule has 112 valence electrons. The van der Waals surface area contributed by atoms with Crippen molar-refractivity contribution in [1.29, 1.82) is 0 Å². The van der Waals surface area contributed by atoms with Crippen LogP contribution in [0.2, 0.25) is 0 Å². The maximum Gasteiger partial charge on any atom is 0.131 e. The highest BCUT2D eigenvalue weighted by molar-refractivity contribution is 5.49. The lowest BCUT2D eigenvalue weighted by Crippen LogP contribution is -2.45. The summed E-state index contributed by atoms with van der Waals surface area (Å²) in [6, 6.07) is 0.521. The second kappa shape index (κ2) is 6.50. The molecule has 0 bridgehead atoms. The normalized spacial score (nSPS) is 20.4. The van der Waals surface area contributed by atoms with E-state index in [1.165, 1.54) is 19.4 Å². The van der Waals surface area contributed by atoms with Gasteiger partial charge in [-0.15, -0.1) is 0 Å². The molecule has 2 N–H and O–H groups in total. The van der Waals surface area contributed by atoms with Crippen LogP contribution < -0.4 is 10.6 Å². The van der Waals surface area contributed by atoms with Crippen LogP contribution in [0.15, 0.2) is 6.20 Å². The van der Waals surface area contributed by atoms with Crippen LogP contribution in [0.25, 0.3) is 0 Å². The van der Waals surface area contributed by atoms with E-state index in [2.05, 4.69) is 47.7 Å². The zero-order chi connectivity index (χ0) is 14.7. The Hall–Kier alpha value is -1.20. The zero-order valence-corrected chi connectivity index (χ0v) is 13.1. The SMILES string of the molecule is CC(C)c1ncc(N(C)C2CCCN(C)C2)c(CN)n1. The van der Waals surface area contributed by atoms with Crippen molar-refractivity contribution in [2.24, 2.45) is 5.73 Å². The van der Waals surface area contributed by atoms with Crippen molar-refractivity contribution in [2.75, 3.05) is 32.1 Å². The average Bonchev–Trinajstić information content (AvgIpc) is 2.45. The predicted molar refractivity (Wildman–Crippen MR) is 82.9 cm³/mol. The minimum atomic E-state index is 0.334. The van der Waals surface area contributed by atoms with E-state index in [1.807, 2.05) is 6.20 Å². The Kier molecular flexibility index (Phi) is 4.94. The van der Waals surface area contributed by atoms with E-state index in [-0.39, 0.29) is 0 Å². The maximum atomic E-state index is 5.89. The molecule has 1 aliphatic rings. The van der Waals surface area contributed by atoms with Gasteiger partial charge in [0.15, 0.2) is 0 Å². The molecule has 5 heteroatoms. The van der Waals surface area contributed by atoms with Crippen LogP contribution in [0.4, 0.5) is 5.69 Å². The standard InChI is InChI=1S/C15H27N5/c1-11(2)15-17-9-14(13(8-16)18-15)20(4)12-6-5-7-19(3)10-12/h9,11-12H,5-8,10,16H2,1-4H3. The highest BCUT2D eigenvalue weighted by atomic mass is 15.2. The molecule has 1 aromatic rings. The van der Waals surface area contributed by atoms with Gasteiger partial charge in [-0.2, -0.15) is 0 Å². The van der Waals surface area contributed by atoms with Gasteiger partial charge in [0, 0.05) is 32.1 Å². The van der Waals surface area contributed by atoms with Crippen molar-refractivity contribution in [2.45, 2.75) is 45.2 Å². The first kappa shape index (κ1) is 15.2. The van der Waals surface area contributed by atoms with Crippen molar-refractivity contribution in [3.63, 3.8) is 0 Å².